The average Bonchev–Trinajstić information content (AvgIpc) is 2.34. The molecule has 1 aliphatic rings. The maximum atomic E-state index is 5.07. The zero-order valence-corrected chi connectivity index (χ0v) is 5.71. The minimum absolute atomic E-state index is 0.643. The molecule has 0 saturated heterocycles. The van der Waals surface area contributed by atoms with Crippen LogP contribution in [0, 0.1) is 0 Å². The molecule has 9 heavy (non-hydrogen) atoms. The van der Waals surface area contributed by atoms with Gasteiger partial charge in [-0.1, -0.05) is 13.3 Å². The summed E-state index contributed by atoms with van der Waals surface area (Å²) < 4.78 is 0. The monoisotopic (exact) mass is 128 g/mol. The van der Waals surface area contributed by atoms with E-state index in [1.165, 1.54) is 6.42 Å². The van der Waals surface area contributed by atoms with Crippen LogP contribution in [0.5, 0.6) is 0 Å². The van der Waals surface area contributed by atoms with Gasteiger partial charge in [-0.3, -0.25) is 4.84 Å². The zero-order chi connectivity index (χ0) is 6.53. The fourth-order valence-electron chi connectivity index (χ4n) is 0.693. The Morgan fingerprint density at radius 1 is 1.78 bits per heavy atom. The van der Waals surface area contributed by atoms with Gasteiger partial charge in [-0.05, 0) is 6.42 Å². The van der Waals surface area contributed by atoms with E-state index in [2.05, 4.69) is 12.0 Å². The van der Waals surface area contributed by atoms with Crippen LogP contribution in [0.2, 0.25) is 0 Å². The van der Waals surface area contributed by atoms with E-state index in [0.29, 0.717) is 6.61 Å². The van der Waals surface area contributed by atoms with E-state index in [1.807, 2.05) is 0 Å². The van der Waals surface area contributed by atoms with Gasteiger partial charge >= 0.3 is 0 Å². The van der Waals surface area contributed by atoms with Crippen molar-refractivity contribution in [3.8, 4) is 0 Å². The highest BCUT2D eigenvalue weighted by Gasteiger charge is 2.03. The third-order valence-electron chi connectivity index (χ3n) is 1.21. The van der Waals surface area contributed by atoms with Gasteiger partial charge in [0.2, 0.25) is 0 Å². The molecular formula is C6H12N2O. The van der Waals surface area contributed by atoms with E-state index in [0.717, 1.165) is 13.0 Å². The van der Waals surface area contributed by atoms with Gasteiger partial charge in [0.25, 0.3) is 0 Å². The Hall–Kier alpha value is -0.570. The van der Waals surface area contributed by atoms with Gasteiger partial charge in [-0.2, -0.15) is 10.3 Å². The van der Waals surface area contributed by atoms with Crippen LogP contribution in [0.15, 0.2) is 5.10 Å². The number of hydrogen-bond donors (Lipinski definition) is 0. The number of nitrogens with zero attached hydrogens (tertiary/aromatic N) is 2. The van der Waals surface area contributed by atoms with Gasteiger partial charge in [0.1, 0.15) is 6.61 Å². The molecule has 0 aromatic heterocycles. The summed E-state index contributed by atoms with van der Waals surface area (Å²) in [7, 11) is 0. The topological polar surface area (TPSA) is 24.8 Å². The molecule has 0 spiro atoms. The molecule has 0 amide bonds. The van der Waals surface area contributed by atoms with Crippen LogP contribution in [-0.2, 0) is 4.84 Å². The first kappa shape index (κ1) is 6.55. The summed E-state index contributed by atoms with van der Waals surface area (Å²) in [5.41, 5.74) is 0. The third kappa shape index (κ3) is 2.01. The standard InChI is InChI=1S/C6H12N2O/c1-2-3-5-8-7-4-6-9-8/h4H,2-3,5-6H2,1H3. The van der Waals surface area contributed by atoms with Gasteiger partial charge < -0.3 is 0 Å². The first-order chi connectivity index (χ1) is 4.43. The molecule has 0 radical (unpaired) electrons. The number of hydrogen-bond acceptors (Lipinski definition) is 3. The van der Waals surface area contributed by atoms with E-state index >= 15 is 0 Å². The van der Waals surface area contributed by atoms with Gasteiger partial charge in [-0.25, -0.2) is 0 Å². The van der Waals surface area contributed by atoms with E-state index in [4.69, 9.17) is 4.84 Å². The van der Waals surface area contributed by atoms with Crippen molar-refractivity contribution in [3.63, 3.8) is 0 Å². The molecule has 1 heterocycles. The van der Waals surface area contributed by atoms with E-state index in [-0.39, 0.29) is 0 Å². The Balaban J connectivity index is 2.05. The minimum Gasteiger partial charge on any atom is -0.251 e. The molecule has 0 atom stereocenters. The summed E-state index contributed by atoms with van der Waals surface area (Å²) in [6.45, 7) is 3.72. The smallest absolute Gasteiger partial charge is 0.114 e. The fraction of sp³-hybridized carbons (Fsp3) is 0.833. The highest BCUT2D eigenvalue weighted by Crippen LogP contribution is 1.99. The lowest BCUT2D eigenvalue weighted by molar-refractivity contribution is -0.126. The number of hydrazone groups is 1. The summed E-state index contributed by atoms with van der Waals surface area (Å²) in [6, 6.07) is 0. The molecule has 0 aromatic carbocycles. The minimum atomic E-state index is 0.643. The fourth-order valence-corrected chi connectivity index (χ4v) is 0.693. The molecule has 3 nitrogen and oxygen atoms in total. The van der Waals surface area contributed by atoms with Crippen LogP contribution in [-0.4, -0.2) is 24.5 Å². The Morgan fingerprint density at radius 3 is 3.22 bits per heavy atom. The lowest BCUT2D eigenvalue weighted by Crippen LogP contribution is -2.13. The van der Waals surface area contributed by atoms with Crippen molar-refractivity contribution >= 4 is 6.21 Å². The molecule has 0 fully saturated rings. The molecule has 3 heteroatoms. The lowest BCUT2D eigenvalue weighted by atomic mass is 10.3. The summed E-state index contributed by atoms with van der Waals surface area (Å²) in [5, 5.41) is 5.60. The van der Waals surface area contributed by atoms with Crippen molar-refractivity contribution in [1.82, 2.24) is 5.17 Å². The number of unbranched alkanes of at least 4 members (excludes halogenated alkanes) is 1. The van der Waals surface area contributed by atoms with Crippen molar-refractivity contribution < 1.29 is 4.84 Å². The van der Waals surface area contributed by atoms with Crippen molar-refractivity contribution in [3.05, 3.63) is 0 Å². The summed E-state index contributed by atoms with van der Waals surface area (Å²) in [5.74, 6) is 0. The highest BCUT2D eigenvalue weighted by molar-refractivity contribution is 5.58. The summed E-state index contributed by atoms with van der Waals surface area (Å²) >= 11 is 0. The van der Waals surface area contributed by atoms with Crippen molar-refractivity contribution in [2.75, 3.05) is 13.2 Å². The van der Waals surface area contributed by atoms with Gasteiger partial charge in [0.05, 0.1) is 12.8 Å². The van der Waals surface area contributed by atoms with Crippen LogP contribution in [0.25, 0.3) is 0 Å². The highest BCUT2D eigenvalue weighted by atomic mass is 16.7. The van der Waals surface area contributed by atoms with Gasteiger partial charge in [0, 0.05) is 0 Å². The molecule has 0 bridgehead atoms. The van der Waals surface area contributed by atoms with Crippen LogP contribution in [0.3, 0.4) is 0 Å². The second-order valence-corrected chi connectivity index (χ2v) is 2.02. The first-order valence-electron chi connectivity index (χ1n) is 3.36. The molecule has 1 aliphatic heterocycles. The zero-order valence-electron chi connectivity index (χ0n) is 5.71. The largest absolute Gasteiger partial charge is 0.251 e. The summed E-state index contributed by atoms with van der Waals surface area (Å²) in [6.07, 6.45) is 4.11. The maximum Gasteiger partial charge on any atom is 0.114 e. The number of hydroxylamine groups is 1. The Morgan fingerprint density at radius 2 is 2.67 bits per heavy atom. The lowest BCUT2D eigenvalue weighted by Gasteiger charge is -2.09. The Bertz CT molecular complexity index is 103. The maximum absolute atomic E-state index is 5.07. The molecule has 0 N–H and O–H groups in total. The number of rotatable bonds is 3. The van der Waals surface area contributed by atoms with Crippen molar-refractivity contribution in [1.29, 1.82) is 0 Å². The van der Waals surface area contributed by atoms with Crippen molar-refractivity contribution in [2.24, 2.45) is 5.10 Å². The molecular weight excluding hydrogens is 116 g/mol. The Kier molecular flexibility index (Phi) is 2.51. The van der Waals surface area contributed by atoms with Crippen LogP contribution < -0.4 is 0 Å². The normalized spacial score (nSPS) is 17.2. The second-order valence-electron chi connectivity index (χ2n) is 2.02. The molecule has 1 rings (SSSR count). The Labute approximate surface area is 55.3 Å². The predicted molar refractivity (Wildman–Crippen MR) is 36.1 cm³/mol. The summed E-state index contributed by atoms with van der Waals surface area (Å²) in [4.78, 5) is 5.07. The SMILES string of the molecule is CCCCN1N=CCO1. The molecule has 0 saturated carbocycles. The predicted octanol–water partition coefficient (Wildman–Crippen LogP) is 1.02. The average molecular weight is 128 g/mol. The van der Waals surface area contributed by atoms with Crippen LogP contribution >= 0.6 is 0 Å². The van der Waals surface area contributed by atoms with Gasteiger partial charge in [-0.15, -0.1) is 0 Å². The van der Waals surface area contributed by atoms with Crippen LogP contribution in [0.4, 0.5) is 0 Å². The quantitative estimate of drug-likeness (QED) is 0.567. The van der Waals surface area contributed by atoms with E-state index in [1.54, 1.807) is 11.4 Å². The molecule has 52 valence electrons. The third-order valence-corrected chi connectivity index (χ3v) is 1.21. The van der Waals surface area contributed by atoms with Crippen LogP contribution in [0.1, 0.15) is 19.8 Å². The van der Waals surface area contributed by atoms with Gasteiger partial charge in [0.15, 0.2) is 0 Å². The van der Waals surface area contributed by atoms with Crippen molar-refractivity contribution in [2.45, 2.75) is 19.8 Å². The van der Waals surface area contributed by atoms with E-state index in [9.17, 15) is 0 Å². The molecule has 0 unspecified atom stereocenters. The first-order valence-corrected chi connectivity index (χ1v) is 3.36. The second kappa shape index (κ2) is 3.45. The molecule has 0 aliphatic carbocycles. The molecule has 0 aromatic rings. The van der Waals surface area contributed by atoms with E-state index < -0.39 is 0 Å².